The van der Waals surface area contributed by atoms with Gasteiger partial charge in [0.05, 0.1) is 7.11 Å². The van der Waals surface area contributed by atoms with Gasteiger partial charge in [-0.3, -0.25) is 4.99 Å². The summed E-state index contributed by atoms with van der Waals surface area (Å²) in [7, 11) is 1.61. The fourth-order valence-corrected chi connectivity index (χ4v) is 2.82. The molecule has 1 aliphatic carbocycles. The van der Waals surface area contributed by atoms with Crippen LogP contribution >= 0.6 is 0 Å². The van der Waals surface area contributed by atoms with E-state index in [2.05, 4.69) is 4.99 Å². The van der Waals surface area contributed by atoms with Gasteiger partial charge in [0.25, 0.3) is 0 Å². The van der Waals surface area contributed by atoms with Crippen LogP contribution in [0.4, 0.5) is 4.39 Å². The molecule has 0 N–H and O–H groups in total. The standard InChI is InChI=1S/C13H14FNO/c1-16-11-4-3-10(14)12-9(11)7-15-8-13(12)5-2-6-13/h3-4,7H,2,5-6,8H2,1H3. The Balaban J connectivity index is 2.23. The normalized spacial score (nSPS) is 20.4. The average molecular weight is 219 g/mol. The Labute approximate surface area is 94.1 Å². The van der Waals surface area contributed by atoms with E-state index in [4.69, 9.17) is 4.74 Å². The van der Waals surface area contributed by atoms with Gasteiger partial charge in [0.1, 0.15) is 11.6 Å². The molecule has 0 radical (unpaired) electrons. The highest BCUT2D eigenvalue weighted by molar-refractivity contribution is 5.88. The lowest BCUT2D eigenvalue weighted by atomic mass is 9.62. The molecular formula is C13H14FNO. The smallest absolute Gasteiger partial charge is 0.128 e. The highest BCUT2D eigenvalue weighted by Gasteiger charge is 2.43. The maximum atomic E-state index is 14.0. The van der Waals surface area contributed by atoms with Crippen molar-refractivity contribution in [2.45, 2.75) is 24.7 Å². The zero-order chi connectivity index (χ0) is 11.2. The third kappa shape index (κ3) is 1.14. The van der Waals surface area contributed by atoms with Gasteiger partial charge in [0, 0.05) is 29.3 Å². The van der Waals surface area contributed by atoms with Crippen LogP contribution in [0.3, 0.4) is 0 Å². The summed E-state index contributed by atoms with van der Waals surface area (Å²) >= 11 is 0. The first-order chi connectivity index (χ1) is 7.77. The van der Waals surface area contributed by atoms with E-state index in [0.29, 0.717) is 0 Å². The van der Waals surface area contributed by atoms with E-state index in [1.165, 1.54) is 12.5 Å². The van der Waals surface area contributed by atoms with E-state index < -0.39 is 0 Å². The van der Waals surface area contributed by atoms with E-state index in [9.17, 15) is 4.39 Å². The summed E-state index contributed by atoms with van der Waals surface area (Å²) < 4.78 is 19.3. The summed E-state index contributed by atoms with van der Waals surface area (Å²) in [4.78, 5) is 4.37. The number of rotatable bonds is 1. The molecule has 1 aromatic rings. The van der Waals surface area contributed by atoms with Crippen LogP contribution in [0.15, 0.2) is 17.1 Å². The number of halogens is 1. The topological polar surface area (TPSA) is 21.6 Å². The van der Waals surface area contributed by atoms with Crippen LogP contribution in [0.1, 0.15) is 30.4 Å². The molecule has 1 fully saturated rings. The minimum atomic E-state index is -0.110. The molecule has 1 aliphatic heterocycles. The molecule has 1 heterocycles. The minimum Gasteiger partial charge on any atom is -0.496 e. The van der Waals surface area contributed by atoms with Crippen LogP contribution in [0, 0.1) is 5.82 Å². The van der Waals surface area contributed by atoms with Crippen molar-refractivity contribution >= 4 is 6.21 Å². The van der Waals surface area contributed by atoms with Gasteiger partial charge < -0.3 is 4.74 Å². The highest BCUT2D eigenvalue weighted by Crippen LogP contribution is 2.48. The number of hydrogen-bond acceptors (Lipinski definition) is 2. The van der Waals surface area contributed by atoms with Crippen molar-refractivity contribution in [3.05, 3.63) is 29.1 Å². The SMILES string of the molecule is COc1ccc(F)c2c1C=NCC21CCC1. The molecule has 1 spiro atoms. The molecule has 3 rings (SSSR count). The van der Waals surface area contributed by atoms with Gasteiger partial charge in [-0.2, -0.15) is 0 Å². The van der Waals surface area contributed by atoms with Gasteiger partial charge >= 0.3 is 0 Å². The molecule has 1 saturated carbocycles. The monoisotopic (exact) mass is 219 g/mol. The van der Waals surface area contributed by atoms with E-state index in [1.54, 1.807) is 19.4 Å². The Morgan fingerprint density at radius 3 is 2.81 bits per heavy atom. The van der Waals surface area contributed by atoms with Gasteiger partial charge in [-0.1, -0.05) is 6.42 Å². The van der Waals surface area contributed by atoms with Crippen LogP contribution in [-0.4, -0.2) is 19.9 Å². The lowest BCUT2D eigenvalue weighted by Gasteiger charge is -2.44. The lowest BCUT2D eigenvalue weighted by molar-refractivity contribution is 0.241. The maximum Gasteiger partial charge on any atom is 0.128 e. The average Bonchev–Trinajstić information content (AvgIpc) is 2.27. The fraction of sp³-hybridized carbons (Fsp3) is 0.462. The Hall–Kier alpha value is -1.38. The Kier molecular flexibility index (Phi) is 2.03. The van der Waals surface area contributed by atoms with E-state index in [0.717, 1.165) is 36.3 Å². The maximum absolute atomic E-state index is 14.0. The van der Waals surface area contributed by atoms with Gasteiger partial charge in [0.2, 0.25) is 0 Å². The molecule has 0 atom stereocenters. The second-order valence-corrected chi connectivity index (χ2v) is 4.64. The second kappa shape index (κ2) is 3.30. The predicted molar refractivity (Wildman–Crippen MR) is 60.9 cm³/mol. The number of methoxy groups -OCH3 is 1. The summed E-state index contributed by atoms with van der Waals surface area (Å²) in [5, 5.41) is 0. The molecular weight excluding hydrogens is 205 g/mol. The molecule has 0 amide bonds. The molecule has 2 aliphatic rings. The number of fused-ring (bicyclic) bond motifs is 2. The predicted octanol–water partition coefficient (Wildman–Crippen LogP) is 2.69. The van der Waals surface area contributed by atoms with Gasteiger partial charge in [-0.05, 0) is 25.0 Å². The van der Waals surface area contributed by atoms with Crippen molar-refractivity contribution in [3.8, 4) is 5.75 Å². The first-order valence-electron chi connectivity index (χ1n) is 5.64. The number of ether oxygens (including phenoxy) is 1. The lowest BCUT2D eigenvalue weighted by Crippen LogP contribution is -2.41. The van der Waals surface area contributed by atoms with Crippen molar-refractivity contribution in [1.82, 2.24) is 0 Å². The number of nitrogens with zero attached hydrogens (tertiary/aromatic N) is 1. The summed E-state index contributed by atoms with van der Waals surface area (Å²) in [6, 6.07) is 3.19. The van der Waals surface area contributed by atoms with Gasteiger partial charge in [-0.15, -0.1) is 0 Å². The van der Waals surface area contributed by atoms with E-state index >= 15 is 0 Å². The number of hydrogen-bond donors (Lipinski definition) is 0. The zero-order valence-electron chi connectivity index (χ0n) is 9.29. The molecule has 2 nitrogen and oxygen atoms in total. The minimum absolute atomic E-state index is 0.0390. The third-order valence-corrected chi connectivity index (χ3v) is 3.83. The molecule has 84 valence electrons. The molecule has 1 aromatic carbocycles. The summed E-state index contributed by atoms with van der Waals surface area (Å²) in [5.41, 5.74) is 1.63. The van der Waals surface area contributed by atoms with Crippen LogP contribution in [-0.2, 0) is 5.41 Å². The van der Waals surface area contributed by atoms with Crippen molar-refractivity contribution in [1.29, 1.82) is 0 Å². The fourth-order valence-electron chi connectivity index (χ4n) is 2.82. The molecule has 3 heteroatoms. The van der Waals surface area contributed by atoms with E-state index in [1.807, 2.05) is 0 Å². The van der Waals surface area contributed by atoms with Crippen LogP contribution in [0.2, 0.25) is 0 Å². The third-order valence-electron chi connectivity index (χ3n) is 3.83. The van der Waals surface area contributed by atoms with Crippen LogP contribution in [0.5, 0.6) is 5.75 Å². The molecule has 0 saturated heterocycles. The van der Waals surface area contributed by atoms with Crippen LogP contribution in [0.25, 0.3) is 0 Å². The number of benzene rings is 1. The molecule has 0 aromatic heterocycles. The largest absolute Gasteiger partial charge is 0.496 e. The van der Waals surface area contributed by atoms with Crippen molar-refractivity contribution in [2.24, 2.45) is 4.99 Å². The van der Waals surface area contributed by atoms with Crippen molar-refractivity contribution < 1.29 is 9.13 Å². The van der Waals surface area contributed by atoms with Gasteiger partial charge in [0.15, 0.2) is 0 Å². The second-order valence-electron chi connectivity index (χ2n) is 4.64. The van der Waals surface area contributed by atoms with E-state index in [-0.39, 0.29) is 11.2 Å². The van der Waals surface area contributed by atoms with Gasteiger partial charge in [-0.25, -0.2) is 4.39 Å². The van der Waals surface area contributed by atoms with Crippen LogP contribution < -0.4 is 4.74 Å². The summed E-state index contributed by atoms with van der Waals surface area (Å²) in [5.74, 6) is 0.618. The molecule has 16 heavy (non-hydrogen) atoms. The number of aliphatic imine (C=N–C) groups is 1. The Morgan fingerprint density at radius 1 is 1.38 bits per heavy atom. The first kappa shape index (κ1) is 9.82. The molecule has 0 bridgehead atoms. The summed E-state index contributed by atoms with van der Waals surface area (Å²) in [6.07, 6.45) is 5.01. The Bertz CT molecular complexity index is 463. The van der Waals surface area contributed by atoms with Crippen molar-refractivity contribution in [3.63, 3.8) is 0 Å². The Morgan fingerprint density at radius 2 is 2.19 bits per heavy atom. The zero-order valence-corrected chi connectivity index (χ0v) is 9.29. The first-order valence-corrected chi connectivity index (χ1v) is 5.64. The molecule has 0 unspecified atom stereocenters. The highest BCUT2D eigenvalue weighted by atomic mass is 19.1. The van der Waals surface area contributed by atoms with Crippen molar-refractivity contribution in [2.75, 3.05) is 13.7 Å². The summed E-state index contributed by atoms with van der Waals surface area (Å²) in [6.45, 7) is 0.726. The quantitative estimate of drug-likeness (QED) is 0.711.